The number of aliphatic carboxylic acids is 1. The Bertz CT molecular complexity index is 1500. The summed E-state index contributed by atoms with van der Waals surface area (Å²) in [5.41, 5.74) is 14.6. The molecule has 0 aliphatic heterocycles. The fourth-order valence-corrected chi connectivity index (χ4v) is 5.08. The maximum absolute atomic E-state index is 12.7. The molecule has 0 bridgehead atoms. The predicted octanol–water partition coefficient (Wildman–Crippen LogP) is -1.38. The van der Waals surface area contributed by atoms with Crippen LogP contribution in [0.4, 0.5) is 5.69 Å². The van der Waals surface area contributed by atoms with Crippen LogP contribution in [0.2, 0.25) is 0 Å². The van der Waals surface area contributed by atoms with Gasteiger partial charge < -0.3 is 48.9 Å². The van der Waals surface area contributed by atoms with Gasteiger partial charge in [0.25, 0.3) is 16.0 Å². The number of hydrogen-bond acceptors (Lipinski definition) is 12. The number of carbonyl (C=O) groups excluding carboxylic acids is 6. The summed E-state index contributed by atoms with van der Waals surface area (Å²) in [4.78, 5) is 82.8. The largest absolute Gasteiger partial charge is 0.481 e. The summed E-state index contributed by atoms with van der Waals surface area (Å²) >= 11 is 0. The van der Waals surface area contributed by atoms with Crippen LogP contribution >= 0.6 is 0 Å². The van der Waals surface area contributed by atoms with Crippen LogP contribution in [0.1, 0.15) is 77.1 Å². The Kier molecular flexibility index (Phi) is 20.3. The van der Waals surface area contributed by atoms with E-state index in [9.17, 15) is 51.6 Å². The molecule has 1 rings (SSSR count). The highest BCUT2D eigenvalue weighted by molar-refractivity contribution is 7.85. The van der Waals surface area contributed by atoms with Crippen molar-refractivity contribution in [3.05, 3.63) is 29.8 Å². The first-order valence-corrected chi connectivity index (χ1v) is 18.0. The first-order chi connectivity index (χ1) is 23.9. The third kappa shape index (κ3) is 19.7. The summed E-state index contributed by atoms with van der Waals surface area (Å²) in [5.74, 6) is -6.84. The molecule has 0 aliphatic carbocycles. The van der Waals surface area contributed by atoms with E-state index in [1.807, 2.05) is 24.3 Å². The van der Waals surface area contributed by atoms with E-state index in [1.54, 1.807) is 0 Å². The summed E-state index contributed by atoms with van der Waals surface area (Å²) in [5, 5.41) is 21.8. The monoisotopic (exact) mass is 758 g/mol. The number of carbonyl (C=O) groups is 7. The van der Waals surface area contributed by atoms with Gasteiger partial charge in [-0.3, -0.25) is 38.1 Å². The fourth-order valence-electron chi connectivity index (χ4n) is 4.43. The molecule has 1 aromatic rings. The molecule has 0 radical (unpaired) electrons. The third-order valence-electron chi connectivity index (χ3n) is 7.27. The molecule has 13 N–H and O–H groups in total. The van der Waals surface area contributed by atoms with Gasteiger partial charge in [0.05, 0.1) is 23.5 Å². The van der Waals surface area contributed by atoms with Crippen LogP contribution < -0.4 is 43.8 Å². The van der Waals surface area contributed by atoms with E-state index in [2.05, 4.69) is 33.5 Å². The highest BCUT2D eigenvalue weighted by Crippen LogP contribution is 2.27. The highest BCUT2D eigenvalue weighted by Gasteiger charge is 2.41. The van der Waals surface area contributed by atoms with E-state index in [0.717, 1.165) is 38.5 Å². The van der Waals surface area contributed by atoms with Gasteiger partial charge in [-0.25, -0.2) is 0 Å². The summed E-state index contributed by atoms with van der Waals surface area (Å²) in [6, 6.07) is 4.24. The van der Waals surface area contributed by atoms with Crippen LogP contribution in [0.3, 0.4) is 0 Å². The SMILES string of the molecule is CC(=O)C(CCC(=O)NCC(N)=O)NC(=O)C(CS(=O)(=O)O)NC(=O)C(C)(N)CC(C)(C)C(=O)O.CCCCNC(=O)c1ccc(NCCN)cc1. The Balaban J connectivity index is 0.00000127. The lowest BCUT2D eigenvalue weighted by molar-refractivity contribution is -0.149. The Hall–Kier alpha value is -4.66. The number of benzene rings is 1. The number of unbranched alkanes of at least 4 members (excludes halogenated alkanes) is 1. The van der Waals surface area contributed by atoms with Crippen molar-refractivity contribution in [3.8, 4) is 0 Å². The minimum Gasteiger partial charge on any atom is -0.481 e. The van der Waals surface area contributed by atoms with Crippen LogP contribution in [0.15, 0.2) is 24.3 Å². The number of carboxylic acid groups (broad SMARTS) is 1. The van der Waals surface area contributed by atoms with Crippen LogP contribution in [0.5, 0.6) is 0 Å². The van der Waals surface area contributed by atoms with Gasteiger partial charge in [-0.1, -0.05) is 13.3 Å². The van der Waals surface area contributed by atoms with Crippen molar-refractivity contribution in [2.75, 3.05) is 37.2 Å². The zero-order chi connectivity index (χ0) is 40.3. The molecular formula is C32H54N8O11S. The molecule has 0 heterocycles. The molecule has 52 heavy (non-hydrogen) atoms. The van der Waals surface area contributed by atoms with Crippen molar-refractivity contribution < 1.29 is 51.6 Å². The molecule has 3 atom stereocenters. The Morgan fingerprint density at radius 2 is 1.52 bits per heavy atom. The lowest BCUT2D eigenvalue weighted by atomic mass is 9.79. The summed E-state index contributed by atoms with van der Waals surface area (Å²) < 4.78 is 32.0. The van der Waals surface area contributed by atoms with E-state index in [0.29, 0.717) is 12.1 Å². The Labute approximate surface area is 303 Å². The maximum atomic E-state index is 12.7. The molecule has 294 valence electrons. The van der Waals surface area contributed by atoms with Gasteiger partial charge in [-0.2, -0.15) is 8.42 Å². The number of Topliss-reactive ketones (excluding diaryl/α,β-unsaturated/α-hetero) is 1. The second-order valence-electron chi connectivity index (χ2n) is 12.9. The highest BCUT2D eigenvalue weighted by atomic mass is 32.2. The van der Waals surface area contributed by atoms with E-state index in [1.165, 1.54) is 20.8 Å². The lowest BCUT2D eigenvalue weighted by Crippen LogP contribution is -2.61. The number of hydrogen-bond donors (Lipinski definition) is 10. The molecule has 1 aromatic carbocycles. The van der Waals surface area contributed by atoms with E-state index >= 15 is 0 Å². The molecule has 5 amide bonds. The van der Waals surface area contributed by atoms with Gasteiger partial charge in [-0.15, -0.1) is 0 Å². The molecule has 0 spiro atoms. The minimum atomic E-state index is -4.81. The first-order valence-electron chi connectivity index (χ1n) is 16.4. The molecule has 0 aliphatic rings. The third-order valence-corrected chi connectivity index (χ3v) is 8.02. The molecule has 3 unspecified atom stereocenters. The van der Waals surface area contributed by atoms with Crippen molar-refractivity contribution in [1.29, 1.82) is 0 Å². The number of nitrogens with two attached hydrogens (primary N) is 3. The summed E-state index contributed by atoms with van der Waals surface area (Å²) in [6.45, 7) is 8.63. The first kappa shape index (κ1) is 47.3. The summed E-state index contributed by atoms with van der Waals surface area (Å²) in [6.07, 6.45) is 1.17. The average Bonchev–Trinajstić information content (AvgIpc) is 3.03. The zero-order valence-electron chi connectivity index (χ0n) is 30.2. The molecular weight excluding hydrogens is 704 g/mol. The molecule has 0 aromatic heterocycles. The number of rotatable bonds is 22. The van der Waals surface area contributed by atoms with Crippen molar-refractivity contribution in [2.45, 2.75) is 84.3 Å². The number of ketones is 1. The zero-order valence-corrected chi connectivity index (χ0v) is 31.1. The van der Waals surface area contributed by atoms with E-state index in [4.69, 9.17) is 17.2 Å². The van der Waals surface area contributed by atoms with Gasteiger partial charge in [0, 0.05) is 37.3 Å². The lowest BCUT2D eigenvalue weighted by Gasteiger charge is -2.32. The number of carboxylic acids is 1. The maximum Gasteiger partial charge on any atom is 0.309 e. The quantitative estimate of drug-likeness (QED) is 0.0482. The van der Waals surface area contributed by atoms with Crippen LogP contribution in [0, 0.1) is 5.41 Å². The van der Waals surface area contributed by atoms with Crippen molar-refractivity contribution >= 4 is 57.1 Å². The molecule has 0 saturated carbocycles. The number of nitrogens with one attached hydrogen (secondary N) is 5. The van der Waals surface area contributed by atoms with Crippen molar-refractivity contribution in [2.24, 2.45) is 22.6 Å². The Morgan fingerprint density at radius 1 is 0.923 bits per heavy atom. The normalized spacial score (nSPS) is 13.5. The van der Waals surface area contributed by atoms with Gasteiger partial charge in [0.2, 0.25) is 23.6 Å². The van der Waals surface area contributed by atoms with Crippen LogP contribution in [-0.2, 0) is 38.9 Å². The molecule has 20 heteroatoms. The number of primary amides is 1. The second kappa shape index (κ2) is 22.3. The fraction of sp³-hybridized carbons (Fsp3) is 0.594. The predicted molar refractivity (Wildman–Crippen MR) is 192 cm³/mol. The Morgan fingerprint density at radius 3 is 2.00 bits per heavy atom. The van der Waals surface area contributed by atoms with Gasteiger partial charge in [-0.05, 0) is 71.2 Å². The van der Waals surface area contributed by atoms with Crippen LogP contribution in [-0.4, -0.2) is 109 Å². The minimum absolute atomic E-state index is 0.0103. The molecule has 0 saturated heterocycles. The second-order valence-corrected chi connectivity index (χ2v) is 14.4. The standard InChI is InChI=1S/C19H33N5O10S.C13H21N3O/c1-10(25)11(5-6-14(27)22-7-13(20)26)23-15(28)12(8-35(32,33)34)24-16(29)19(4,21)9-18(2,3)17(30)31;1-2-3-9-16-13(17)11-4-6-12(7-5-11)15-10-8-14/h11-12H,5-9,21H2,1-4H3,(H2,20,26)(H,22,27)(H,23,28)(H,24,29)(H,30,31)(H,32,33,34);4-7,15H,2-3,8-10,14H2,1H3,(H,16,17). The number of amides is 5. The van der Waals surface area contributed by atoms with Crippen molar-refractivity contribution in [3.63, 3.8) is 0 Å². The van der Waals surface area contributed by atoms with Crippen molar-refractivity contribution in [1.82, 2.24) is 21.3 Å². The topological polar surface area (TPSA) is 332 Å². The number of anilines is 1. The van der Waals surface area contributed by atoms with E-state index in [-0.39, 0.29) is 18.7 Å². The molecule has 19 nitrogen and oxygen atoms in total. The van der Waals surface area contributed by atoms with E-state index < -0.39 is 87.3 Å². The smallest absolute Gasteiger partial charge is 0.309 e. The van der Waals surface area contributed by atoms with Gasteiger partial charge in [0.15, 0.2) is 5.78 Å². The summed E-state index contributed by atoms with van der Waals surface area (Å²) in [7, 11) is -4.81. The molecule has 0 fully saturated rings. The average molecular weight is 759 g/mol. The van der Waals surface area contributed by atoms with Gasteiger partial charge in [0.1, 0.15) is 11.8 Å². The van der Waals surface area contributed by atoms with Crippen LogP contribution in [0.25, 0.3) is 0 Å². The van der Waals surface area contributed by atoms with Gasteiger partial charge >= 0.3 is 5.97 Å².